The molecule has 1 aliphatic carbocycles. The fourth-order valence-corrected chi connectivity index (χ4v) is 4.76. The highest BCUT2D eigenvalue weighted by Gasteiger charge is 2.25. The first kappa shape index (κ1) is 19.3. The van der Waals surface area contributed by atoms with Crippen molar-refractivity contribution in [2.45, 2.75) is 56.3 Å². The lowest BCUT2D eigenvalue weighted by Gasteiger charge is -2.30. The number of carbonyl (C=O) groups is 1. The number of nitrogens with one attached hydrogen (secondary N) is 2. The minimum atomic E-state index is -3.74. The summed E-state index contributed by atoms with van der Waals surface area (Å²) in [7, 11) is -3.74. The van der Waals surface area contributed by atoms with Crippen LogP contribution in [0.2, 0.25) is 0 Å². The second kappa shape index (κ2) is 8.47. The second-order valence-electron chi connectivity index (χ2n) is 7.06. The molecule has 1 atom stereocenters. The number of nitrogens with two attached hydrogens (primary N) is 1. The Morgan fingerprint density at radius 3 is 2.65 bits per heavy atom. The molecule has 144 valence electrons. The van der Waals surface area contributed by atoms with Gasteiger partial charge in [0.1, 0.15) is 0 Å². The van der Waals surface area contributed by atoms with Crippen LogP contribution in [0.25, 0.3) is 0 Å². The standard InChI is InChI=1S/C18H27N3O4S/c19-9-17(13-4-2-1-3-5-13)21-18(22)10-20-26(23,24)16-7-6-14-11-25-12-15(14)8-16/h6-8,13,17,20H,1-5,9-12,19H2,(H,21,22). The van der Waals surface area contributed by atoms with Crippen molar-refractivity contribution in [2.75, 3.05) is 13.1 Å². The lowest BCUT2D eigenvalue weighted by atomic mass is 9.84. The summed E-state index contributed by atoms with van der Waals surface area (Å²) in [5.41, 5.74) is 7.68. The number of carbonyl (C=O) groups excluding carboxylic acids is 1. The molecule has 1 fully saturated rings. The highest BCUT2D eigenvalue weighted by atomic mass is 32.2. The maximum atomic E-state index is 12.4. The van der Waals surface area contributed by atoms with Crippen molar-refractivity contribution in [1.29, 1.82) is 0 Å². The largest absolute Gasteiger partial charge is 0.372 e. The van der Waals surface area contributed by atoms with Gasteiger partial charge in [-0.3, -0.25) is 4.79 Å². The van der Waals surface area contributed by atoms with Gasteiger partial charge in [-0.1, -0.05) is 25.3 Å². The highest BCUT2D eigenvalue weighted by Crippen LogP contribution is 2.26. The van der Waals surface area contributed by atoms with E-state index in [0.717, 1.165) is 36.8 Å². The SMILES string of the molecule is NCC(NC(=O)CNS(=O)(=O)c1ccc2c(c1)COC2)C1CCCCC1. The molecule has 0 bridgehead atoms. The number of amides is 1. The van der Waals surface area contributed by atoms with Crippen molar-refractivity contribution in [2.24, 2.45) is 11.7 Å². The van der Waals surface area contributed by atoms with E-state index < -0.39 is 10.0 Å². The Balaban J connectivity index is 1.55. The van der Waals surface area contributed by atoms with E-state index in [1.165, 1.54) is 6.42 Å². The third-order valence-electron chi connectivity index (χ3n) is 5.25. The number of rotatable bonds is 7. The lowest BCUT2D eigenvalue weighted by Crippen LogP contribution is -2.49. The molecular formula is C18H27N3O4S. The van der Waals surface area contributed by atoms with Crippen LogP contribution in [0.3, 0.4) is 0 Å². The quantitative estimate of drug-likeness (QED) is 0.653. The topological polar surface area (TPSA) is 111 Å². The van der Waals surface area contributed by atoms with E-state index in [1.807, 2.05) is 0 Å². The number of sulfonamides is 1. The number of benzene rings is 1. The summed E-state index contributed by atoms with van der Waals surface area (Å²) in [6.45, 7) is 0.999. The molecule has 1 aromatic carbocycles. The van der Waals surface area contributed by atoms with Crippen molar-refractivity contribution in [3.8, 4) is 0 Å². The van der Waals surface area contributed by atoms with Gasteiger partial charge in [-0.2, -0.15) is 0 Å². The van der Waals surface area contributed by atoms with E-state index in [-0.39, 0.29) is 23.4 Å². The third kappa shape index (κ3) is 4.62. The predicted molar refractivity (Wildman–Crippen MR) is 97.7 cm³/mol. The van der Waals surface area contributed by atoms with Crippen LogP contribution in [0.1, 0.15) is 43.2 Å². The van der Waals surface area contributed by atoms with Gasteiger partial charge in [0.15, 0.2) is 0 Å². The molecule has 0 spiro atoms. The van der Waals surface area contributed by atoms with Gasteiger partial charge < -0.3 is 15.8 Å². The van der Waals surface area contributed by atoms with Crippen LogP contribution < -0.4 is 15.8 Å². The monoisotopic (exact) mass is 381 g/mol. The molecule has 8 heteroatoms. The molecule has 0 radical (unpaired) electrons. The Bertz CT molecular complexity index is 745. The van der Waals surface area contributed by atoms with E-state index in [4.69, 9.17) is 10.5 Å². The molecule has 0 saturated heterocycles. The zero-order valence-electron chi connectivity index (χ0n) is 14.9. The van der Waals surface area contributed by atoms with E-state index >= 15 is 0 Å². The zero-order valence-corrected chi connectivity index (χ0v) is 15.7. The Kier molecular flexibility index (Phi) is 6.29. The first-order valence-electron chi connectivity index (χ1n) is 9.18. The van der Waals surface area contributed by atoms with Gasteiger partial charge >= 0.3 is 0 Å². The van der Waals surface area contributed by atoms with Crippen molar-refractivity contribution in [1.82, 2.24) is 10.0 Å². The predicted octanol–water partition coefficient (Wildman–Crippen LogP) is 1.02. The summed E-state index contributed by atoms with van der Waals surface area (Å²) in [5.74, 6) is 0.0325. The molecule has 26 heavy (non-hydrogen) atoms. The molecule has 3 rings (SSSR count). The van der Waals surface area contributed by atoms with Crippen molar-refractivity contribution < 1.29 is 17.9 Å². The van der Waals surface area contributed by atoms with Crippen LogP contribution in [-0.4, -0.2) is 33.5 Å². The number of hydrogen-bond donors (Lipinski definition) is 3. The second-order valence-corrected chi connectivity index (χ2v) is 8.82. The summed E-state index contributed by atoms with van der Waals surface area (Å²) in [4.78, 5) is 12.4. The number of fused-ring (bicyclic) bond motifs is 1. The van der Waals surface area contributed by atoms with Crippen molar-refractivity contribution >= 4 is 15.9 Å². The Morgan fingerprint density at radius 2 is 1.92 bits per heavy atom. The lowest BCUT2D eigenvalue weighted by molar-refractivity contribution is -0.121. The van der Waals surface area contributed by atoms with E-state index in [2.05, 4.69) is 10.0 Å². The van der Waals surface area contributed by atoms with Crippen molar-refractivity contribution in [3.63, 3.8) is 0 Å². The van der Waals surface area contributed by atoms with Gasteiger partial charge in [-0.05, 0) is 42.0 Å². The molecule has 1 heterocycles. The Morgan fingerprint density at radius 1 is 1.19 bits per heavy atom. The van der Waals surface area contributed by atoms with Gasteiger partial charge in [0.05, 0.1) is 24.7 Å². The minimum Gasteiger partial charge on any atom is -0.372 e. The molecule has 2 aliphatic rings. The molecular weight excluding hydrogens is 354 g/mol. The fraction of sp³-hybridized carbons (Fsp3) is 0.611. The third-order valence-corrected chi connectivity index (χ3v) is 6.64. The normalized spacial score (nSPS) is 19.1. The molecule has 1 unspecified atom stereocenters. The zero-order chi connectivity index (χ0) is 18.6. The number of ether oxygens (including phenoxy) is 1. The average molecular weight is 381 g/mol. The molecule has 4 N–H and O–H groups in total. The molecule has 1 aromatic rings. The van der Waals surface area contributed by atoms with Gasteiger partial charge in [0.2, 0.25) is 15.9 Å². The Hall–Kier alpha value is -1.48. The summed E-state index contributed by atoms with van der Waals surface area (Å²) in [6.07, 6.45) is 5.67. The van der Waals surface area contributed by atoms with E-state index in [1.54, 1.807) is 18.2 Å². The first-order chi connectivity index (χ1) is 12.5. The van der Waals surface area contributed by atoms with Crippen LogP contribution in [0.5, 0.6) is 0 Å². The van der Waals surface area contributed by atoms with Gasteiger partial charge in [-0.25, -0.2) is 13.1 Å². The summed E-state index contributed by atoms with van der Waals surface area (Å²) in [6, 6.07) is 4.81. The number of hydrogen-bond acceptors (Lipinski definition) is 5. The van der Waals surface area contributed by atoms with Crippen LogP contribution in [0.15, 0.2) is 23.1 Å². The van der Waals surface area contributed by atoms with Crippen LogP contribution in [0, 0.1) is 5.92 Å². The first-order valence-corrected chi connectivity index (χ1v) is 10.7. The summed E-state index contributed by atoms with van der Waals surface area (Å²) >= 11 is 0. The van der Waals surface area contributed by atoms with Crippen LogP contribution >= 0.6 is 0 Å². The fourth-order valence-electron chi connectivity index (χ4n) is 3.72. The average Bonchev–Trinajstić information content (AvgIpc) is 3.13. The van der Waals surface area contributed by atoms with Crippen molar-refractivity contribution in [3.05, 3.63) is 29.3 Å². The van der Waals surface area contributed by atoms with Crippen LogP contribution in [0.4, 0.5) is 0 Å². The highest BCUT2D eigenvalue weighted by molar-refractivity contribution is 7.89. The molecule has 1 amide bonds. The minimum absolute atomic E-state index is 0.0931. The maximum Gasteiger partial charge on any atom is 0.241 e. The molecule has 1 aliphatic heterocycles. The Labute approximate surface area is 154 Å². The van der Waals surface area contributed by atoms with E-state index in [9.17, 15) is 13.2 Å². The van der Waals surface area contributed by atoms with Crippen LogP contribution in [-0.2, 0) is 32.8 Å². The summed E-state index contributed by atoms with van der Waals surface area (Å²) in [5, 5.41) is 2.89. The summed E-state index contributed by atoms with van der Waals surface area (Å²) < 4.78 is 32.6. The van der Waals surface area contributed by atoms with Gasteiger partial charge in [0.25, 0.3) is 0 Å². The smallest absolute Gasteiger partial charge is 0.241 e. The maximum absolute atomic E-state index is 12.4. The molecule has 0 aromatic heterocycles. The van der Waals surface area contributed by atoms with E-state index in [0.29, 0.717) is 25.7 Å². The molecule has 1 saturated carbocycles. The molecule has 7 nitrogen and oxygen atoms in total. The van der Waals surface area contributed by atoms with Gasteiger partial charge in [0, 0.05) is 12.6 Å². The van der Waals surface area contributed by atoms with Gasteiger partial charge in [-0.15, -0.1) is 0 Å².